The van der Waals surface area contributed by atoms with Gasteiger partial charge in [-0.25, -0.2) is 8.42 Å². The van der Waals surface area contributed by atoms with Crippen molar-refractivity contribution >= 4 is 15.9 Å². The molecule has 0 spiro atoms. The Morgan fingerprint density at radius 2 is 1.68 bits per heavy atom. The molecular weight excluding hydrogens is 448 g/mol. The number of ether oxygens (including phenoxy) is 1. The van der Waals surface area contributed by atoms with Crippen LogP contribution in [0.15, 0.2) is 47.4 Å². The standard InChI is InChI=1S/C27H36N2O4S/c1-20-16-21(2)26(22(3)17-20)34(31,32)29-13-11-24(12-14-29)27(30)28(19-25-10-7-15-33-25)18-23-8-5-4-6-9-23/h4-6,8-9,16-17,24-25H,7,10-15,18-19H2,1-3H3. The van der Waals surface area contributed by atoms with Gasteiger partial charge in [-0.2, -0.15) is 4.31 Å². The van der Waals surface area contributed by atoms with Crippen molar-refractivity contribution in [1.82, 2.24) is 9.21 Å². The minimum absolute atomic E-state index is 0.0839. The molecule has 0 N–H and O–H groups in total. The van der Waals surface area contributed by atoms with E-state index in [1.807, 2.05) is 68.1 Å². The van der Waals surface area contributed by atoms with E-state index in [4.69, 9.17) is 4.74 Å². The third-order valence-corrected chi connectivity index (χ3v) is 9.19. The summed E-state index contributed by atoms with van der Waals surface area (Å²) in [6.07, 6.45) is 3.18. The highest BCUT2D eigenvalue weighted by molar-refractivity contribution is 7.89. The molecule has 2 aromatic rings. The monoisotopic (exact) mass is 484 g/mol. The number of piperidine rings is 1. The van der Waals surface area contributed by atoms with Gasteiger partial charge in [-0.05, 0) is 63.1 Å². The Hall–Kier alpha value is -2.22. The SMILES string of the molecule is Cc1cc(C)c(S(=O)(=O)N2CCC(C(=O)N(Cc3ccccc3)CC3CCCO3)CC2)c(C)c1. The molecule has 2 heterocycles. The Morgan fingerprint density at radius 1 is 1.03 bits per heavy atom. The maximum Gasteiger partial charge on any atom is 0.243 e. The number of sulfonamides is 1. The van der Waals surface area contributed by atoms with Crippen molar-refractivity contribution < 1.29 is 17.9 Å². The molecule has 2 aromatic carbocycles. The Kier molecular flexibility index (Phi) is 7.75. The van der Waals surface area contributed by atoms with Crippen LogP contribution < -0.4 is 0 Å². The highest BCUT2D eigenvalue weighted by Crippen LogP contribution is 2.30. The van der Waals surface area contributed by atoms with Gasteiger partial charge in [0.05, 0.1) is 11.0 Å². The average Bonchev–Trinajstić information content (AvgIpc) is 3.31. The molecule has 7 heteroatoms. The lowest BCUT2D eigenvalue weighted by Crippen LogP contribution is -2.46. The molecule has 6 nitrogen and oxygen atoms in total. The van der Waals surface area contributed by atoms with Gasteiger partial charge < -0.3 is 9.64 Å². The van der Waals surface area contributed by atoms with Gasteiger partial charge in [0.1, 0.15) is 0 Å². The normalized spacial score (nSPS) is 19.9. The van der Waals surface area contributed by atoms with Crippen LogP contribution in [0.1, 0.15) is 47.9 Å². The predicted molar refractivity (Wildman–Crippen MR) is 133 cm³/mol. The van der Waals surface area contributed by atoms with Crippen molar-refractivity contribution in [3.05, 3.63) is 64.7 Å². The number of amides is 1. The van der Waals surface area contributed by atoms with Crippen molar-refractivity contribution in [1.29, 1.82) is 0 Å². The third kappa shape index (κ3) is 5.53. The number of nitrogens with zero attached hydrogens (tertiary/aromatic N) is 2. The van der Waals surface area contributed by atoms with Crippen LogP contribution in [0.5, 0.6) is 0 Å². The van der Waals surface area contributed by atoms with Gasteiger partial charge >= 0.3 is 0 Å². The van der Waals surface area contributed by atoms with Gasteiger partial charge in [0, 0.05) is 38.7 Å². The summed E-state index contributed by atoms with van der Waals surface area (Å²) in [7, 11) is -3.59. The molecule has 0 aliphatic carbocycles. The molecule has 0 saturated carbocycles. The largest absolute Gasteiger partial charge is 0.376 e. The van der Waals surface area contributed by atoms with Crippen molar-refractivity contribution in [2.24, 2.45) is 5.92 Å². The highest BCUT2D eigenvalue weighted by Gasteiger charge is 2.36. The highest BCUT2D eigenvalue weighted by atomic mass is 32.2. The van der Waals surface area contributed by atoms with Crippen LogP contribution >= 0.6 is 0 Å². The average molecular weight is 485 g/mol. The topological polar surface area (TPSA) is 66.9 Å². The van der Waals surface area contributed by atoms with E-state index >= 15 is 0 Å². The van der Waals surface area contributed by atoms with Crippen LogP contribution in [0.2, 0.25) is 0 Å². The molecule has 0 radical (unpaired) electrons. The van der Waals surface area contributed by atoms with E-state index < -0.39 is 10.0 Å². The first-order chi connectivity index (χ1) is 16.3. The zero-order valence-electron chi connectivity index (χ0n) is 20.5. The fourth-order valence-electron chi connectivity index (χ4n) is 5.37. The number of carbonyl (C=O) groups is 1. The van der Waals surface area contributed by atoms with Gasteiger partial charge in [0.15, 0.2) is 0 Å². The van der Waals surface area contributed by atoms with Crippen molar-refractivity contribution in [3.8, 4) is 0 Å². The Morgan fingerprint density at radius 3 is 2.26 bits per heavy atom. The van der Waals surface area contributed by atoms with E-state index in [-0.39, 0.29) is 17.9 Å². The second-order valence-electron chi connectivity index (χ2n) is 9.75. The number of rotatable bonds is 7. The maximum atomic E-state index is 13.6. The minimum atomic E-state index is -3.59. The van der Waals surface area contributed by atoms with Crippen molar-refractivity contribution in [2.75, 3.05) is 26.2 Å². The lowest BCUT2D eigenvalue weighted by Gasteiger charge is -2.35. The molecule has 184 valence electrons. The van der Waals surface area contributed by atoms with E-state index in [1.165, 1.54) is 0 Å². The van der Waals surface area contributed by atoms with Crippen LogP contribution in [0.4, 0.5) is 0 Å². The summed E-state index contributed by atoms with van der Waals surface area (Å²) in [5.41, 5.74) is 3.71. The smallest absolute Gasteiger partial charge is 0.243 e. The Bertz CT molecular complexity index is 1080. The number of hydrogen-bond donors (Lipinski definition) is 0. The summed E-state index contributed by atoms with van der Waals surface area (Å²) in [6, 6.07) is 13.9. The molecule has 2 aliphatic rings. The van der Waals surface area contributed by atoms with Gasteiger partial charge in [-0.15, -0.1) is 0 Å². The van der Waals surface area contributed by atoms with Gasteiger partial charge in [-0.1, -0.05) is 48.0 Å². The lowest BCUT2D eigenvalue weighted by atomic mass is 9.96. The predicted octanol–water partition coefficient (Wildman–Crippen LogP) is 4.22. The molecular formula is C27H36N2O4S. The van der Waals surface area contributed by atoms with Crippen LogP contribution in [0, 0.1) is 26.7 Å². The number of hydrogen-bond acceptors (Lipinski definition) is 4. The molecule has 4 rings (SSSR count). The molecule has 2 aliphatic heterocycles. The van der Waals surface area contributed by atoms with Crippen LogP contribution in [-0.2, 0) is 26.1 Å². The Labute approximate surface area is 204 Å². The molecule has 34 heavy (non-hydrogen) atoms. The maximum absolute atomic E-state index is 13.6. The summed E-state index contributed by atoms with van der Waals surface area (Å²) in [6.45, 7) is 8.33. The van der Waals surface area contributed by atoms with E-state index in [0.717, 1.165) is 41.7 Å². The van der Waals surface area contributed by atoms with E-state index in [9.17, 15) is 13.2 Å². The molecule has 1 amide bonds. The fourth-order valence-corrected chi connectivity index (χ4v) is 7.26. The van der Waals surface area contributed by atoms with Crippen LogP contribution in [0.3, 0.4) is 0 Å². The second-order valence-corrected chi connectivity index (χ2v) is 11.6. The quantitative estimate of drug-likeness (QED) is 0.590. The fraction of sp³-hybridized carbons (Fsp3) is 0.519. The van der Waals surface area contributed by atoms with Crippen molar-refractivity contribution in [3.63, 3.8) is 0 Å². The Balaban J connectivity index is 1.45. The first-order valence-electron chi connectivity index (χ1n) is 12.3. The lowest BCUT2D eigenvalue weighted by molar-refractivity contribution is -0.139. The van der Waals surface area contributed by atoms with E-state index in [1.54, 1.807) is 4.31 Å². The number of aryl methyl sites for hydroxylation is 3. The van der Waals surface area contributed by atoms with E-state index in [0.29, 0.717) is 43.9 Å². The first kappa shape index (κ1) is 24.9. The van der Waals surface area contributed by atoms with Crippen LogP contribution in [0.25, 0.3) is 0 Å². The minimum Gasteiger partial charge on any atom is -0.376 e. The molecule has 0 bridgehead atoms. The zero-order valence-corrected chi connectivity index (χ0v) is 21.3. The number of carbonyl (C=O) groups excluding carboxylic acids is 1. The van der Waals surface area contributed by atoms with Gasteiger partial charge in [-0.3, -0.25) is 4.79 Å². The number of benzene rings is 2. The summed E-state index contributed by atoms with van der Waals surface area (Å²) in [5.74, 6) is -0.0594. The molecule has 1 atom stereocenters. The summed E-state index contributed by atoms with van der Waals surface area (Å²) in [5, 5.41) is 0. The molecule has 1 unspecified atom stereocenters. The second kappa shape index (κ2) is 10.6. The van der Waals surface area contributed by atoms with Crippen molar-refractivity contribution in [2.45, 2.75) is 64.0 Å². The molecule has 0 aromatic heterocycles. The van der Waals surface area contributed by atoms with Gasteiger partial charge in [0.25, 0.3) is 0 Å². The zero-order chi connectivity index (χ0) is 24.3. The molecule has 2 saturated heterocycles. The summed E-state index contributed by atoms with van der Waals surface area (Å²) >= 11 is 0. The summed E-state index contributed by atoms with van der Waals surface area (Å²) in [4.78, 5) is 15.9. The third-order valence-electron chi connectivity index (χ3n) is 6.98. The van der Waals surface area contributed by atoms with Gasteiger partial charge in [0.2, 0.25) is 15.9 Å². The van der Waals surface area contributed by atoms with E-state index in [2.05, 4.69) is 0 Å². The molecule has 2 fully saturated rings. The first-order valence-corrected chi connectivity index (χ1v) is 13.7. The summed E-state index contributed by atoms with van der Waals surface area (Å²) < 4.78 is 34.2. The van der Waals surface area contributed by atoms with Crippen LogP contribution in [-0.4, -0.2) is 55.9 Å².